The summed E-state index contributed by atoms with van der Waals surface area (Å²) in [5, 5.41) is 12.2. The van der Waals surface area contributed by atoms with Crippen LogP contribution in [0, 0.1) is 0 Å². The van der Waals surface area contributed by atoms with E-state index in [0.29, 0.717) is 18.5 Å². The molecule has 2 N–H and O–H groups in total. The van der Waals surface area contributed by atoms with Gasteiger partial charge in [0.05, 0.1) is 32.7 Å². The Morgan fingerprint density at radius 3 is 1.67 bits per heavy atom. The Morgan fingerprint density at radius 1 is 0.721 bits per heavy atom. The highest BCUT2D eigenvalue weighted by molar-refractivity contribution is 6.90. The Kier molecular flexibility index (Phi) is 16.3. The number of nitrogens with one attached hydrogen (secondary N) is 1. The van der Waals surface area contributed by atoms with E-state index in [4.69, 9.17) is 17.5 Å². The number of carbonyl (C=O) groups is 2. The van der Waals surface area contributed by atoms with Crippen LogP contribution in [0.4, 0.5) is 0 Å². The second kappa shape index (κ2) is 17.5. The van der Waals surface area contributed by atoms with Gasteiger partial charge in [-0.1, -0.05) is 12.1 Å². The third-order valence-corrected chi connectivity index (χ3v) is 18.8. The molecule has 12 heteroatoms. The number of quaternary nitrogens is 1. The van der Waals surface area contributed by atoms with E-state index in [-0.39, 0.29) is 5.91 Å². The van der Waals surface area contributed by atoms with Gasteiger partial charge < -0.3 is 27.3 Å². The predicted octanol–water partition coefficient (Wildman–Crippen LogP) is 7.34. The van der Waals surface area contributed by atoms with Gasteiger partial charge in [0.1, 0.15) is 0 Å². The van der Waals surface area contributed by atoms with E-state index in [9.17, 15) is 9.59 Å². The molecule has 0 saturated heterocycles. The van der Waals surface area contributed by atoms with Crippen molar-refractivity contribution < 1.29 is 31.5 Å². The molecule has 0 saturated carbocycles. The van der Waals surface area contributed by atoms with Crippen LogP contribution < -0.4 is 5.32 Å². The van der Waals surface area contributed by atoms with Crippen LogP contribution in [0.3, 0.4) is 0 Å². The molecule has 0 radical (unpaired) electrons. The summed E-state index contributed by atoms with van der Waals surface area (Å²) in [5.74, 6) is -0.755. The number of amides is 1. The van der Waals surface area contributed by atoms with Gasteiger partial charge in [-0.2, -0.15) is 0 Å². The van der Waals surface area contributed by atoms with Crippen LogP contribution in [0.2, 0.25) is 65.0 Å². The van der Waals surface area contributed by atoms with E-state index >= 15 is 0 Å². The minimum Gasteiger partial charge on any atom is -0.478 e. The van der Waals surface area contributed by atoms with Crippen molar-refractivity contribution in [1.82, 2.24) is 5.32 Å². The lowest BCUT2D eigenvalue weighted by Gasteiger charge is -2.43. The molecule has 1 rings (SSSR count). The third-order valence-electron chi connectivity index (χ3n) is 6.71. The van der Waals surface area contributed by atoms with Crippen LogP contribution in [0.25, 0.3) is 0 Å². The summed E-state index contributed by atoms with van der Waals surface area (Å²) in [6.45, 7) is 22.6. The fraction of sp³-hybridized carbons (Fsp3) is 0.742. The van der Waals surface area contributed by atoms with Crippen LogP contribution >= 0.6 is 0 Å². The minimum atomic E-state index is -2.85. The standard InChI is InChI=1S/C31H62N2O6Si4/c1-33(2,26-16-14-18-28-20-22-29(23-21-28)31(35)36)25-15-12-13-19-30(34)32-24-17-27-43(37-40(3,4)5,38-41(6,7)8)39-42(9,10)11/h20-23H,12-19,24-27H2,1-11H3,(H-,32,34,35,36)/p+1. The molecule has 0 aliphatic carbocycles. The summed E-state index contributed by atoms with van der Waals surface area (Å²) in [4.78, 5) is 23.6. The van der Waals surface area contributed by atoms with Crippen LogP contribution in [-0.2, 0) is 23.6 Å². The average Bonchev–Trinajstić information content (AvgIpc) is 2.81. The number of benzene rings is 1. The molecule has 1 amide bonds. The molecule has 0 fully saturated rings. The molecule has 1 aromatic rings. The summed E-state index contributed by atoms with van der Waals surface area (Å²) < 4.78 is 21.2. The molecule has 1 aromatic carbocycles. The zero-order valence-corrected chi connectivity index (χ0v) is 33.2. The monoisotopic (exact) mass is 671 g/mol. The number of rotatable bonds is 22. The van der Waals surface area contributed by atoms with E-state index in [2.05, 4.69) is 78.3 Å². The van der Waals surface area contributed by atoms with Crippen molar-refractivity contribution in [2.45, 2.75) is 116 Å². The van der Waals surface area contributed by atoms with Gasteiger partial charge in [0.2, 0.25) is 5.91 Å². The highest BCUT2D eigenvalue weighted by atomic mass is 28.5. The fourth-order valence-corrected chi connectivity index (χ4v) is 19.7. The van der Waals surface area contributed by atoms with Crippen LogP contribution in [0.5, 0.6) is 0 Å². The normalized spacial score (nSPS) is 13.3. The largest absolute Gasteiger partial charge is 0.478 e. The van der Waals surface area contributed by atoms with E-state index in [1.807, 2.05) is 12.1 Å². The first kappa shape index (κ1) is 39.9. The predicted molar refractivity (Wildman–Crippen MR) is 188 cm³/mol. The number of carbonyl (C=O) groups excluding carboxylic acids is 1. The smallest absolute Gasteiger partial charge is 0.469 e. The lowest BCUT2D eigenvalue weighted by atomic mass is 10.1. The molecule has 0 aliphatic rings. The zero-order chi connectivity index (χ0) is 33.0. The van der Waals surface area contributed by atoms with Crippen molar-refractivity contribution in [1.29, 1.82) is 0 Å². The number of aryl methyl sites for hydroxylation is 1. The molecule has 0 spiro atoms. The maximum absolute atomic E-state index is 12.6. The molecule has 43 heavy (non-hydrogen) atoms. The Morgan fingerprint density at radius 2 is 1.21 bits per heavy atom. The number of aromatic carboxylic acids is 1. The summed E-state index contributed by atoms with van der Waals surface area (Å²) in [7, 11) is -3.97. The van der Waals surface area contributed by atoms with Crippen LogP contribution in [-0.4, -0.2) is 89.0 Å². The summed E-state index contributed by atoms with van der Waals surface area (Å²) in [6, 6.07) is 7.95. The maximum atomic E-state index is 12.6. The highest BCUT2D eigenvalue weighted by Crippen LogP contribution is 2.29. The van der Waals surface area contributed by atoms with Gasteiger partial charge in [0, 0.05) is 19.0 Å². The molecule has 0 aliphatic heterocycles. The van der Waals surface area contributed by atoms with Gasteiger partial charge in [-0.15, -0.1) is 0 Å². The Bertz CT molecular complexity index is 945. The topological polar surface area (TPSA) is 94.1 Å². The van der Waals surface area contributed by atoms with Crippen molar-refractivity contribution in [2.75, 3.05) is 33.7 Å². The summed E-state index contributed by atoms with van der Waals surface area (Å²) in [6.07, 6.45) is 7.65. The number of nitrogens with zero attached hydrogens (tertiary/aromatic N) is 1. The molecule has 0 aromatic heterocycles. The molecular formula is C31H63N2O6Si4+. The van der Waals surface area contributed by atoms with Gasteiger partial charge in [0.25, 0.3) is 0 Å². The van der Waals surface area contributed by atoms with Gasteiger partial charge in [0.15, 0.2) is 25.0 Å². The zero-order valence-electron chi connectivity index (χ0n) is 29.2. The Balaban J connectivity index is 2.36. The maximum Gasteiger partial charge on any atom is 0.469 e. The quantitative estimate of drug-likeness (QED) is 0.0761. The van der Waals surface area contributed by atoms with Crippen molar-refractivity contribution in [3.05, 3.63) is 35.4 Å². The molecule has 8 nitrogen and oxygen atoms in total. The second-order valence-corrected chi connectivity index (χ2v) is 32.4. The number of unbranched alkanes of at least 4 members (excludes halogenated alkanes) is 3. The molecule has 0 bridgehead atoms. The fourth-order valence-electron chi connectivity index (χ4n) is 5.03. The van der Waals surface area contributed by atoms with Crippen molar-refractivity contribution in [3.63, 3.8) is 0 Å². The van der Waals surface area contributed by atoms with Crippen molar-refractivity contribution in [3.8, 4) is 0 Å². The molecular weight excluding hydrogens is 609 g/mol. The number of hydrogen-bond acceptors (Lipinski definition) is 5. The van der Waals surface area contributed by atoms with Crippen molar-refractivity contribution >= 4 is 45.6 Å². The van der Waals surface area contributed by atoms with E-state index in [1.165, 1.54) is 5.56 Å². The molecule has 0 heterocycles. The van der Waals surface area contributed by atoms with Crippen LogP contribution in [0.15, 0.2) is 24.3 Å². The minimum absolute atomic E-state index is 0.126. The first-order chi connectivity index (χ1) is 19.6. The number of carboxylic acids is 1. The van der Waals surface area contributed by atoms with Gasteiger partial charge >= 0.3 is 14.8 Å². The van der Waals surface area contributed by atoms with E-state index in [0.717, 1.165) is 68.6 Å². The third kappa shape index (κ3) is 19.8. The Labute approximate surface area is 267 Å². The Hall–Kier alpha value is -1.13. The summed E-state index contributed by atoms with van der Waals surface area (Å²) in [5.41, 5.74) is 1.53. The first-order valence-corrected chi connectivity index (χ1v) is 28.3. The molecule has 0 atom stereocenters. The van der Waals surface area contributed by atoms with Crippen molar-refractivity contribution in [2.24, 2.45) is 0 Å². The lowest BCUT2D eigenvalue weighted by Crippen LogP contribution is -2.60. The molecule has 0 unspecified atom stereocenters. The second-order valence-electron chi connectivity index (χ2n) is 15.4. The number of carboxylic acid groups (broad SMARTS) is 1. The van der Waals surface area contributed by atoms with Gasteiger partial charge in [-0.3, -0.25) is 4.79 Å². The lowest BCUT2D eigenvalue weighted by molar-refractivity contribution is -0.890. The summed E-state index contributed by atoms with van der Waals surface area (Å²) >= 11 is 0. The highest BCUT2D eigenvalue weighted by Gasteiger charge is 2.49. The van der Waals surface area contributed by atoms with Gasteiger partial charge in [-0.25, -0.2) is 4.79 Å². The van der Waals surface area contributed by atoms with E-state index in [1.54, 1.807) is 12.1 Å². The SMILES string of the molecule is C[N+](C)(CCCCCC(=O)NCCC[Si](O[Si](C)(C)C)(O[Si](C)(C)C)O[Si](C)(C)C)CCCCc1ccc(C(=O)O)cc1. The number of hydrogen-bond donors (Lipinski definition) is 2. The van der Waals surface area contributed by atoms with Gasteiger partial charge in [-0.05, 0) is 122 Å². The first-order valence-electron chi connectivity index (χ1n) is 16.1. The van der Waals surface area contributed by atoms with E-state index < -0.39 is 39.7 Å². The van der Waals surface area contributed by atoms with Crippen LogP contribution in [0.1, 0.15) is 60.9 Å². The average molecular weight is 672 g/mol. The molecule has 248 valence electrons.